The maximum atomic E-state index is 12.1. The third kappa shape index (κ3) is 3.34. The van der Waals surface area contributed by atoms with Gasteiger partial charge < -0.3 is 11.1 Å². The minimum Gasteiger partial charge on any atom is -0.399 e. The van der Waals surface area contributed by atoms with Crippen LogP contribution in [0.1, 0.15) is 22.8 Å². The van der Waals surface area contributed by atoms with Crippen LogP contribution in [0.15, 0.2) is 36.7 Å². The van der Waals surface area contributed by atoms with Gasteiger partial charge in [-0.05, 0) is 43.7 Å². The third-order valence-electron chi connectivity index (χ3n) is 2.93. The largest absolute Gasteiger partial charge is 0.399 e. The first-order chi connectivity index (χ1) is 9.06. The second-order valence-corrected chi connectivity index (χ2v) is 4.67. The number of carbonyl (C=O) groups is 1. The predicted molar refractivity (Wildman–Crippen MR) is 74.7 cm³/mol. The van der Waals surface area contributed by atoms with E-state index in [1.165, 1.54) is 0 Å². The van der Waals surface area contributed by atoms with Crippen LogP contribution in [0.2, 0.25) is 0 Å². The van der Waals surface area contributed by atoms with Crippen molar-refractivity contribution in [3.05, 3.63) is 47.8 Å². The van der Waals surface area contributed by atoms with E-state index in [9.17, 15) is 4.79 Å². The maximum Gasteiger partial charge on any atom is 0.251 e. The number of carbonyl (C=O) groups excluding carboxylic acids is 1. The van der Waals surface area contributed by atoms with Crippen LogP contribution in [0.3, 0.4) is 0 Å². The molecule has 5 heteroatoms. The highest BCUT2D eigenvalue weighted by molar-refractivity contribution is 5.95. The molecule has 0 saturated carbocycles. The first kappa shape index (κ1) is 13.1. The molecule has 0 spiro atoms. The van der Waals surface area contributed by atoms with Crippen molar-refractivity contribution in [1.82, 2.24) is 15.1 Å². The molecule has 1 unspecified atom stereocenters. The summed E-state index contributed by atoms with van der Waals surface area (Å²) < 4.78 is 1.79. The fourth-order valence-corrected chi connectivity index (χ4v) is 1.86. The van der Waals surface area contributed by atoms with Crippen molar-refractivity contribution in [2.45, 2.75) is 26.4 Å². The number of aromatic nitrogens is 2. The lowest BCUT2D eigenvalue weighted by molar-refractivity contribution is 0.0936. The van der Waals surface area contributed by atoms with E-state index in [0.29, 0.717) is 17.8 Å². The molecule has 1 heterocycles. The third-order valence-corrected chi connectivity index (χ3v) is 2.93. The van der Waals surface area contributed by atoms with Gasteiger partial charge >= 0.3 is 0 Å². The number of rotatable bonds is 4. The quantitative estimate of drug-likeness (QED) is 0.818. The zero-order valence-corrected chi connectivity index (χ0v) is 11.1. The van der Waals surface area contributed by atoms with Gasteiger partial charge in [-0.2, -0.15) is 5.10 Å². The van der Waals surface area contributed by atoms with Crippen molar-refractivity contribution in [1.29, 1.82) is 0 Å². The van der Waals surface area contributed by atoms with Gasteiger partial charge in [0.05, 0.1) is 6.54 Å². The molecule has 5 nitrogen and oxygen atoms in total. The number of nitrogen functional groups attached to an aromatic ring is 1. The lowest BCUT2D eigenvalue weighted by Crippen LogP contribution is -2.35. The normalized spacial score (nSPS) is 12.1. The van der Waals surface area contributed by atoms with Crippen LogP contribution in [-0.2, 0) is 6.54 Å². The van der Waals surface area contributed by atoms with E-state index in [1.807, 2.05) is 26.1 Å². The number of aryl methyl sites for hydroxylation is 1. The summed E-state index contributed by atoms with van der Waals surface area (Å²) in [6.45, 7) is 4.48. The summed E-state index contributed by atoms with van der Waals surface area (Å²) in [5, 5.41) is 7.05. The van der Waals surface area contributed by atoms with Crippen molar-refractivity contribution < 1.29 is 4.79 Å². The molecular weight excluding hydrogens is 240 g/mol. The fourth-order valence-electron chi connectivity index (χ4n) is 1.86. The molecule has 1 amide bonds. The van der Waals surface area contributed by atoms with Gasteiger partial charge in [0.1, 0.15) is 0 Å². The molecule has 0 aliphatic rings. The van der Waals surface area contributed by atoms with E-state index in [1.54, 1.807) is 29.1 Å². The van der Waals surface area contributed by atoms with Gasteiger partial charge in [0.15, 0.2) is 0 Å². The first-order valence-electron chi connectivity index (χ1n) is 6.20. The van der Waals surface area contributed by atoms with Gasteiger partial charge in [0, 0.05) is 29.7 Å². The summed E-state index contributed by atoms with van der Waals surface area (Å²) in [4.78, 5) is 12.1. The Labute approximate surface area is 112 Å². The summed E-state index contributed by atoms with van der Waals surface area (Å²) in [6.07, 6.45) is 3.59. The summed E-state index contributed by atoms with van der Waals surface area (Å²) in [5.74, 6) is -0.0947. The Hall–Kier alpha value is -2.30. The molecule has 0 aliphatic heterocycles. The highest BCUT2D eigenvalue weighted by Crippen LogP contribution is 2.12. The molecule has 2 rings (SSSR count). The van der Waals surface area contributed by atoms with Crippen molar-refractivity contribution in [3.8, 4) is 0 Å². The molecule has 3 N–H and O–H groups in total. The minimum atomic E-state index is -0.0947. The van der Waals surface area contributed by atoms with Crippen LogP contribution >= 0.6 is 0 Å². The maximum absolute atomic E-state index is 12.1. The molecule has 0 saturated heterocycles. The van der Waals surface area contributed by atoms with Crippen LogP contribution in [-0.4, -0.2) is 21.7 Å². The van der Waals surface area contributed by atoms with Crippen molar-refractivity contribution in [2.75, 3.05) is 5.73 Å². The number of anilines is 1. The number of hydrogen-bond acceptors (Lipinski definition) is 3. The van der Waals surface area contributed by atoms with Gasteiger partial charge in [0.25, 0.3) is 5.91 Å². The van der Waals surface area contributed by atoms with Gasteiger partial charge in [-0.15, -0.1) is 0 Å². The van der Waals surface area contributed by atoms with Gasteiger partial charge in [0.2, 0.25) is 0 Å². The van der Waals surface area contributed by atoms with E-state index >= 15 is 0 Å². The van der Waals surface area contributed by atoms with Crippen LogP contribution in [0.5, 0.6) is 0 Å². The minimum absolute atomic E-state index is 0.00487. The second kappa shape index (κ2) is 5.56. The Bertz CT molecular complexity index is 563. The van der Waals surface area contributed by atoms with E-state index in [0.717, 1.165) is 5.56 Å². The molecule has 2 aromatic rings. The molecule has 100 valence electrons. The highest BCUT2D eigenvalue weighted by atomic mass is 16.1. The standard InChI is InChI=1S/C14H18N4O/c1-10-8-12(4-5-13(10)15)14(19)17-11(2)9-18-7-3-6-16-18/h3-8,11H,9,15H2,1-2H3,(H,17,19). The number of nitrogens with zero attached hydrogens (tertiary/aromatic N) is 2. The number of nitrogens with one attached hydrogen (secondary N) is 1. The van der Waals surface area contributed by atoms with Crippen LogP contribution in [0.4, 0.5) is 5.69 Å². The highest BCUT2D eigenvalue weighted by Gasteiger charge is 2.11. The Morgan fingerprint density at radius 3 is 2.95 bits per heavy atom. The van der Waals surface area contributed by atoms with Crippen molar-refractivity contribution in [2.24, 2.45) is 0 Å². The number of amides is 1. The second-order valence-electron chi connectivity index (χ2n) is 4.67. The number of nitrogens with two attached hydrogens (primary N) is 1. The monoisotopic (exact) mass is 258 g/mol. The zero-order chi connectivity index (χ0) is 13.8. The molecule has 0 aliphatic carbocycles. The molecule has 0 radical (unpaired) electrons. The lowest BCUT2D eigenvalue weighted by atomic mass is 10.1. The van der Waals surface area contributed by atoms with Gasteiger partial charge in [-0.1, -0.05) is 0 Å². The number of hydrogen-bond donors (Lipinski definition) is 2. The summed E-state index contributed by atoms with van der Waals surface area (Å²) >= 11 is 0. The van der Waals surface area contributed by atoms with E-state index in [-0.39, 0.29) is 11.9 Å². The molecule has 0 bridgehead atoms. The average Bonchev–Trinajstić information content (AvgIpc) is 2.85. The van der Waals surface area contributed by atoms with Gasteiger partial charge in [-0.3, -0.25) is 9.48 Å². The van der Waals surface area contributed by atoms with Crippen molar-refractivity contribution in [3.63, 3.8) is 0 Å². The Morgan fingerprint density at radius 2 is 2.32 bits per heavy atom. The molecule has 19 heavy (non-hydrogen) atoms. The lowest BCUT2D eigenvalue weighted by Gasteiger charge is -2.14. The van der Waals surface area contributed by atoms with Crippen LogP contribution in [0.25, 0.3) is 0 Å². The molecular formula is C14H18N4O. The Kier molecular flexibility index (Phi) is 3.85. The Morgan fingerprint density at radius 1 is 1.53 bits per heavy atom. The average molecular weight is 258 g/mol. The smallest absolute Gasteiger partial charge is 0.251 e. The van der Waals surface area contributed by atoms with Crippen LogP contribution < -0.4 is 11.1 Å². The first-order valence-corrected chi connectivity index (χ1v) is 6.20. The summed E-state index contributed by atoms with van der Waals surface area (Å²) in [7, 11) is 0. The van der Waals surface area contributed by atoms with Gasteiger partial charge in [-0.25, -0.2) is 0 Å². The SMILES string of the molecule is Cc1cc(C(=O)NC(C)Cn2cccn2)ccc1N. The predicted octanol–water partition coefficient (Wildman–Crippen LogP) is 1.59. The summed E-state index contributed by atoms with van der Waals surface area (Å²) in [6, 6.07) is 7.15. The van der Waals surface area contributed by atoms with Crippen LogP contribution in [0, 0.1) is 6.92 Å². The topological polar surface area (TPSA) is 72.9 Å². The number of benzene rings is 1. The van der Waals surface area contributed by atoms with E-state index in [2.05, 4.69) is 10.4 Å². The molecule has 1 aromatic heterocycles. The molecule has 1 atom stereocenters. The molecule has 1 aromatic carbocycles. The fraction of sp³-hybridized carbons (Fsp3) is 0.286. The van der Waals surface area contributed by atoms with E-state index in [4.69, 9.17) is 5.73 Å². The Balaban J connectivity index is 1.98. The summed E-state index contributed by atoms with van der Waals surface area (Å²) in [5.41, 5.74) is 7.97. The zero-order valence-electron chi connectivity index (χ0n) is 11.1. The van der Waals surface area contributed by atoms with E-state index < -0.39 is 0 Å². The molecule has 0 fully saturated rings. The van der Waals surface area contributed by atoms with Crippen molar-refractivity contribution >= 4 is 11.6 Å².